The van der Waals surface area contributed by atoms with Crippen molar-refractivity contribution in [2.45, 2.75) is 83.2 Å². The van der Waals surface area contributed by atoms with E-state index in [9.17, 15) is 19.7 Å². The Balaban J connectivity index is 1.27. The zero-order valence-electron chi connectivity index (χ0n) is 23.8. The number of benzene rings is 2. The second kappa shape index (κ2) is 13.0. The zero-order valence-corrected chi connectivity index (χ0v) is 23.8. The lowest BCUT2D eigenvalue weighted by atomic mass is 9.97. The van der Waals surface area contributed by atoms with E-state index in [0.717, 1.165) is 77.8 Å². The maximum absolute atomic E-state index is 13.5. The predicted octanol–water partition coefficient (Wildman–Crippen LogP) is 5.27. The highest BCUT2D eigenvalue weighted by atomic mass is 16.9. The molecule has 1 aromatic heterocycles. The van der Waals surface area contributed by atoms with Crippen molar-refractivity contribution < 1.29 is 19.5 Å². The molecular weight excluding hydrogens is 538 g/mol. The molecule has 12 heteroatoms. The quantitative estimate of drug-likeness (QED) is 0.153. The predicted molar refractivity (Wildman–Crippen MR) is 155 cm³/mol. The molecule has 1 aliphatic heterocycles. The number of tetrazole rings is 1. The molecule has 0 N–H and O–H groups in total. The molecule has 42 heavy (non-hydrogen) atoms. The summed E-state index contributed by atoms with van der Waals surface area (Å²) in [6.45, 7) is 2.59. The number of amidine groups is 1. The molecule has 12 nitrogen and oxygen atoms in total. The first-order valence-corrected chi connectivity index (χ1v) is 14.6. The van der Waals surface area contributed by atoms with Gasteiger partial charge in [-0.15, -0.1) is 20.3 Å². The van der Waals surface area contributed by atoms with Crippen LogP contribution >= 0.6 is 0 Å². The largest absolute Gasteiger partial charge is 0.314 e. The van der Waals surface area contributed by atoms with E-state index in [4.69, 9.17) is 4.99 Å². The molecule has 0 unspecified atom stereocenters. The standard InChI is InChI=1S/C30H35N7O5/c1-2-3-12-26-31-30(18-7-8-19-30)29(39)35(26)21-22-14-16-23(17-15-22)24-10-4-5-11-25(24)28-32-34-36(33-28)27(38)13-6-9-20-42-37(40)41/h4-5,10-11,14-17H,2-3,6-9,12-13,18-21H2,1H3. The number of hydrogen-bond donors (Lipinski definition) is 0. The summed E-state index contributed by atoms with van der Waals surface area (Å²) >= 11 is 0. The van der Waals surface area contributed by atoms with Crippen LogP contribution < -0.4 is 0 Å². The minimum Gasteiger partial charge on any atom is -0.314 e. The van der Waals surface area contributed by atoms with Gasteiger partial charge in [0.15, 0.2) is 0 Å². The van der Waals surface area contributed by atoms with Gasteiger partial charge in [0.2, 0.25) is 5.82 Å². The molecule has 1 saturated carbocycles. The summed E-state index contributed by atoms with van der Waals surface area (Å²) in [5.41, 5.74) is 3.06. The van der Waals surface area contributed by atoms with Crippen LogP contribution in [0.3, 0.4) is 0 Å². The topological polar surface area (TPSA) is 146 Å². The molecule has 0 bridgehead atoms. The van der Waals surface area contributed by atoms with Crippen LogP contribution in [0.1, 0.15) is 81.5 Å². The van der Waals surface area contributed by atoms with E-state index in [2.05, 4.69) is 27.2 Å². The summed E-state index contributed by atoms with van der Waals surface area (Å²) in [5.74, 6) is 1.04. The summed E-state index contributed by atoms with van der Waals surface area (Å²) in [5, 5.41) is 21.7. The van der Waals surface area contributed by atoms with Gasteiger partial charge in [-0.1, -0.05) is 79.5 Å². The number of hydrogen-bond acceptors (Lipinski definition) is 9. The van der Waals surface area contributed by atoms with Gasteiger partial charge in [-0.3, -0.25) is 19.5 Å². The Morgan fingerprint density at radius 2 is 1.79 bits per heavy atom. The van der Waals surface area contributed by atoms with E-state index in [0.29, 0.717) is 25.2 Å². The van der Waals surface area contributed by atoms with E-state index in [1.807, 2.05) is 53.4 Å². The average molecular weight is 574 g/mol. The minimum atomic E-state index is -0.850. The maximum Gasteiger partial charge on any atom is 0.294 e. The van der Waals surface area contributed by atoms with Crippen molar-refractivity contribution in [2.24, 2.45) is 4.99 Å². The number of aromatic nitrogens is 4. The Bertz CT molecular complexity index is 1460. The highest BCUT2D eigenvalue weighted by Gasteiger charge is 2.49. The summed E-state index contributed by atoms with van der Waals surface area (Å²) in [6.07, 6.45) is 7.57. The highest BCUT2D eigenvalue weighted by molar-refractivity contribution is 6.08. The Morgan fingerprint density at radius 1 is 1.05 bits per heavy atom. The van der Waals surface area contributed by atoms with Gasteiger partial charge in [0.05, 0.1) is 13.2 Å². The first-order valence-electron chi connectivity index (χ1n) is 14.6. The second-order valence-electron chi connectivity index (χ2n) is 10.8. The summed E-state index contributed by atoms with van der Waals surface area (Å²) < 4.78 is 0. The van der Waals surface area contributed by atoms with Crippen LogP contribution in [-0.4, -0.2) is 60.0 Å². The highest BCUT2D eigenvalue weighted by Crippen LogP contribution is 2.40. The summed E-state index contributed by atoms with van der Waals surface area (Å²) in [4.78, 5) is 48.3. The van der Waals surface area contributed by atoms with Gasteiger partial charge >= 0.3 is 0 Å². The smallest absolute Gasteiger partial charge is 0.294 e. The first kappa shape index (κ1) is 29.0. The van der Waals surface area contributed by atoms with Crippen LogP contribution in [0.25, 0.3) is 22.5 Å². The third-order valence-corrected chi connectivity index (χ3v) is 7.87. The lowest BCUT2D eigenvalue weighted by Crippen LogP contribution is -2.40. The molecule has 3 aromatic rings. The Kier molecular flexibility index (Phi) is 8.99. The van der Waals surface area contributed by atoms with Gasteiger partial charge < -0.3 is 4.84 Å². The molecule has 220 valence electrons. The number of rotatable bonds is 13. The molecule has 1 fully saturated rings. The van der Waals surface area contributed by atoms with E-state index in [1.165, 1.54) is 0 Å². The second-order valence-corrected chi connectivity index (χ2v) is 10.8. The SMILES string of the molecule is CCCCC1=NC2(CCCC2)C(=O)N1Cc1ccc(-c2ccccc2-c2nnn(C(=O)CCCCO[N+](=O)[O-])n2)cc1. The minimum absolute atomic E-state index is 0.0643. The molecule has 1 amide bonds. The van der Waals surface area contributed by atoms with Crippen LogP contribution in [0.5, 0.6) is 0 Å². The zero-order chi connectivity index (χ0) is 29.5. The van der Waals surface area contributed by atoms with Crippen molar-refractivity contribution in [3.05, 3.63) is 64.2 Å². The molecule has 0 atom stereocenters. The first-order chi connectivity index (χ1) is 20.4. The Labute approximate surface area is 243 Å². The van der Waals surface area contributed by atoms with E-state index < -0.39 is 10.6 Å². The molecule has 1 aliphatic carbocycles. The fourth-order valence-electron chi connectivity index (χ4n) is 5.65. The lowest BCUT2D eigenvalue weighted by Gasteiger charge is -2.23. The van der Waals surface area contributed by atoms with E-state index in [-0.39, 0.29) is 24.8 Å². The lowest BCUT2D eigenvalue weighted by molar-refractivity contribution is -0.757. The fourth-order valence-corrected chi connectivity index (χ4v) is 5.65. The average Bonchev–Trinajstić information content (AvgIpc) is 3.74. The number of aliphatic imine (C=N–C) groups is 1. The molecule has 5 rings (SSSR count). The molecule has 2 aliphatic rings. The third-order valence-electron chi connectivity index (χ3n) is 7.87. The summed E-state index contributed by atoms with van der Waals surface area (Å²) in [7, 11) is 0. The van der Waals surface area contributed by atoms with Crippen LogP contribution in [0, 0.1) is 10.1 Å². The molecule has 2 heterocycles. The normalized spacial score (nSPS) is 15.8. The van der Waals surface area contributed by atoms with Crippen molar-refractivity contribution in [3.63, 3.8) is 0 Å². The Morgan fingerprint density at radius 3 is 2.50 bits per heavy atom. The van der Waals surface area contributed by atoms with Gasteiger partial charge in [-0.25, -0.2) is 0 Å². The van der Waals surface area contributed by atoms with E-state index >= 15 is 0 Å². The van der Waals surface area contributed by atoms with Crippen molar-refractivity contribution in [1.29, 1.82) is 0 Å². The van der Waals surface area contributed by atoms with Crippen LogP contribution in [0.4, 0.5) is 0 Å². The van der Waals surface area contributed by atoms with Gasteiger partial charge in [-0.05, 0) is 54.0 Å². The number of unbranched alkanes of at least 4 members (excludes halogenated alkanes) is 2. The monoisotopic (exact) mass is 573 g/mol. The molecule has 1 spiro atoms. The number of amides is 1. The van der Waals surface area contributed by atoms with Gasteiger partial charge in [-0.2, -0.15) is 0 Å². The molecule has 2 aromatic carbocycles. The molecular formula is C30H35N7O5. The van der Waals surface area contributed by atoms with Crippen molar-refractivity contribution in [2.75, 3.05) is 6.61 Å². The molecule has 0 saturated heterocycles. The Hall–Kier alpha value is -4.48. The van der Waals surface area contributed by atoms with Gasteiger partial charge in [0, 0.05) is 18.4 Å². The third kappa shape index (κ3) is 6.37. The summed E-state index contributed by atoms with van der Waals surface area (Å²) in [6, 6.07) is 15.8. The fraction of sp³-hybridized carbons (Fsp3) is 0.467. The van der Waals surface area contributed by atoms with E-state index in [1.54, 1.807) is 0 Å². The van der Waals surface area contributed by atoms with Crippen LogP contribution in [0.2, 0.25) is 0 Å². The van der Waals surface area contributed by atoms with Gasteiger partial charge in [0.25, 0.3) is 16.9 Å². The van der Waals surface area contributed by atoms with Gasteiger partial charge in [0.1, 0.15) is 11.4 Å². The van der Waals surface area contributed by atoms with Crippen LogP contribution in [-0.2, 0) is 16.2 Å². The van der Waals surface area contributed by atoms with Crippen molar-refractivity contribution >= 4 is 17.6 Å². The number of carbonyl (C=O) groups excluding carboxylic acids is 2. The van der Waals surface area contributed by atoms with Crippen molar-refractivity contribution in [1.82, 2.24) is 25.1 Å². The maximum atomic E-state index is 13.5. The van der Waals surface area contributed by atoms with Crippen molar-refractivity contribution in [3.8, 4) is 22.5 Å². The van der Waals surface area contributed by atoms with Crippen LogP contribution in [0.15, 0.2) is 53.5 Å². The molecule has 0 radical (unpaired) electrons. The number of nitrogens with zero attached hydrogens (tertiary/aromatic N) is 7. The number of carbonyl (C=O) groups is 2.